The Morgan fingerprint density at radius 1 is 1.00 bits per heavy atom. The van der Waals surface area contributed by atoms with Crippen molar-refractivity contribution in [2.24, 2.45) is 5.10 Å². The molecule has 0 atom stereocenters. The van der Waals surface area contributed by atoms with Gasteiger partial charge in [-0.25, -0.2) is 15.9 Å². The Kier molecular flexibility index (Phi) is 5.16. The third kappa shape index (κ3) is 4.00. The van der Waals surface area contributed by atoms with Crippen LogP contribution in [-0.4, -0.2) is 32.8 Å². The highest BCUT2D eigenvalue weighted by molar-refractivity contribution is 5.97. The first-order valence-electron chi connectivity index (χ1n) is 7.63. The van der Waals surface area contributed by atoms with Crippen LogP contribution in [0.3, 0.4) is 0 Å². The van der Waals surface area contributed by atoms with Crippen molar-refractivity contribution in [3.63, 3.8) is 0 Å². The Morgan fingerprint density at radius 3 is 2.23 bits per heavy atom. The molecule has 1 aromatic heterocycles. The second kappa shape index (κ2) is 7.86. The first-order chi connectivity index (χ1) is 12.7. The van der Waals surface area contributed by atoms with Crippen LogP contribution in [0.15, 0.2) is 72.4 Å². The average molecular weight is 349 g/mol. The van der Waals surface area contributed by atoms with Crippen molar-refractivity contribution < 1.29 is 14.8 Å². The van der Waals surface area contributed by atoms with Gasteiger partial charge in [-0.05, 0) is 42.0 Å². The molecular formula is C18H15N5O3. The molecule has 0 aliphatic heterocycles. The van der Waals surface area contributed by atoms with Crippen LogP contribution in [0.1, 0.15) is 26.3 Å². The number of benzene rings is 2. The van der Waals surface area contributed by atoms with Gasteiger partial charge >= 0.3 is 0 Å². The van der Waals surface area contributed by atoms with Crippen LogP contribution in [0, 0.1) is 0 Å². The smallest absolute Gasteiger partial charge is 0.274 e. The summed E-state index contributed by atoms with van der Waals surface area (Å²) in [5.74, 6) is -1.05. The van der Waals surface area contributed by atoms with Crippen LogP contribution in [0.5, 0.6) is 0 Å². The summed E-state index contributed by atoms with van der Waals surface area (Å²) in [6, 6.07) is 13.4. The first-order valence-corrected chi connectivity index (χ1v) is 7.63. The summed E-state index contributed by atoms with van der Waals surface area (Å²) >= 11 is 0. The predicted octanol–water partition coefficient (Wildman–Crippen LogP) is 1.76. The normalized spacial score (nSPS) is 10.7. The van der Waals surface area contributed by atoms with E-state index >= 15 is 0 Å². The van der Waals surface area contributed by atoms with Gasteiger partial charge in [0.25, 0.3) is 11.8 Å². The molecule has 3 N–H and O–H groups in total. The Bertz CT molecular complexity index is 916. The van der Waals surface area contributed by atoms with E-state index in [-0.39, 0.29) is 5.56 Å². The fraction of sp³-hybridized carbons (Fsp3) is 0. The third-order valence-electron chi connectivity index (χ3n) is 3.59. The zero-order chi connectivity index (χ0) is 18.4. The lowest BCUT2D eigenvalue weighted by Gasteiger charge is -2.03. The number of hydrogen-bond donors (Lipinski definition) is 3. The van der Waals surface area contributed by atoms with Gasteiger partial charge < -0.3 is 4.57 Å². The van der Waals surface area contributed by atoms with Crippen LogP contribution in [0.25, 0.3) is 5.69 Å². The summed E-state index contributed by atoms with van der Waals surface area (Å²) in [7, 11) is 0. The van der Waals surface area contributed by atoms with Gasteiger partial charge in [0.1, 0.15) is 0 Å². The lowest BCUT2D eigenvalue weighted by molar-refractivity contribution is 0.0706. The van der Waals surface area contributed by atoms with Gasteiger partial charge in [0.2, 0.25) is 0 Å². The predicted molar refractivity (Wildman–Crippen MR) is 94.3 cm³/mol. The van der Waals surface area contributed by atoms with Gasteiger partial charge in [-0.2, -0.15) is 5.10 Å². The molecule has 0 aliphatic rings. The molecule has 0 bridgehead atoms. The highest BCUT2D eigenvalue weighted by atomic mass is 16.5. The molecule has 0 unspecified atom stereocenters. The van der Waals surface area contributed by atoms with Crippen molar-refractivity contribution in [3.8, 4) is 5.69 Å². The van der Waals surface area contributed by atoms with Crippen molar-refractivity contribution in [1.82, 2.24) is 20.5 Å². The van der Waals surface area contributed by atoms with E-state index in [0.717, 1.165) is 11.3 Å². The lowest BCUT2D eigenvalue weighted by Crippen LogP contribution is -2.20. The van der Waals surface area contributed by atoms with Gasteiger partial charge in [0.15, 0.2) is 0 Å². The summed E-state index contributed by atoms with van der Waals surface area (Å²) in [6.45, 7) is 0. The van der Waals surface area contributed by atoms with Crippen LogP contribution in [-0.2, 0) is 0 Å². The quantitative estimate of drug-likeness (QED) is 0.370. The van der Waals surface area contributed by atoms with Crippen LogP contribution in [0.2, 0.25) is 0 Å². The molecule has 0 saturated carbocycles. The Balaban J connectivity index is 1.59. The highest BCUT2D eigenvalue weighted by Crippen LogP contribution is 2.08. The molecule has 0 saturated heterocycles. The largest absolute Gasteiger partial charge is 0.306 e. The first kappa shape index (κ1) is 17.1. The van der Waals surface area contributed by atoms with E-state index in [4.69, 9.17) is 5.21 Å². The number of carbonyl (C=O) groups excluding carboxylic acids is 2. The summed E-state index contributed by atoms with van der Waals surface area (Å²) in [5.41, 5.74) is 6.32. The minimum atomic E-state index is -0.644. The van der Waals surface area contributed by atoms with Gasteiger partial charge in [0, 0.05) is 29.2 Å². The lowest BCUT2D eigenvalue weighted by atomic mass is 10.1. The third-order valence-corrected chi connectivity index (χ3v) is 3.59. The second-order valence-electron chi connectivity index (χ2n) is 5.28. The zero-order valence-electron chi connectivity index (χ0n) is 13.5. The molecule has 2 amide bonds. The van der Waals surface area contributed by atoms with Crippen molar-refractivity contribution >= 4 is 18.0 Å². The molecule has 8 nitrogen and oxygen atoms in total. The molecule has 1 heterocycles. The monoisotopic (exact) mass is 349 g/mol. The number of rotatable bonds is 5. The van der Waals surface area contributed by atoms with E-state index in [0.29, 0.717) is 5.56 Å². The van der Waals surface area contributed by atoms with Crippen molar-refractivity contribution in [1.29, 1.82) is 0 Å². The zero-order valence-corrected chi connectivity index (χ0v) is 13.5. The molecule has 130 valence electrons. The summed E-state index contributed by atoms with van der Waals surface area (Å²) in [4.78, 5) is 27.2. The molecule has 0 radical (unpaired) electrons. The molecule has 0 fully saturated rings. The number of hydrogen-bond acceptors (Lipinski definition) is 5. The number of amides is 2. The molecule has 8 heteroatoms. The highest BCUT2D eigenvalue weighted by Gasteiger charge is 2.07. The van der Waals surface area contributed by atoms with Crippen molar-refractivity contribution in [3.05, 3.63) is 83.9 Å². The summed E-state index contributed by atoms with van der Waals surface area (Å²) in [5, 5.41) is 12.5. The minimum absolute atomic E-state index is 0.241. The van der Waals surface area contributed by atoms with Crippen molar-refractivity contribution in [2.45, 2.75) is 0 Å². The molecule has 0 spiro atoms. The number of nitrogens with one attached hydrogen (secondary N) is 2. The van der Waals surface area contributed by atoms with E-state index in [1.165, 1.54) is 36.0 Å². The summed E-state index contributed by atoms with van der Waals surface area (Å²) < 4.78 is 1.88. The van der Waals surface area contributed by atoms with E-state index in [2.05, 4.69) is 15.5 Å². The second-order valence-corrected chi connectivity index (χ2v) is 5.28. The fourth-order valence-corrected chi connectivity index (χ4v) is 2.21. The number of carbonyl (C=O) groups is 2. The molecule has 3 aromatic rings. The minimum Gasteiger partial charge on any atom is -0.306 e. The van der Waals surface area contributed by atoms with E-state index in [1.54, 1.807) is 12.5 Å². The van der Waals surface area contributed by atoms with E-state index in [1.807, 2.05) is 35.0 Å². The maximum Gasteiger partial charge on any atom is 0.274 e. The van der Waals surface area contributed by atoms with E-state index in [9.17, 15) is 9.59 Å². The molecule has 0 aliphatic carbocycles. The van der Waals surface area contributed by atoms with Gasteiger partial charge in [0.05, 0.1) is 12.5 Å². The summed E-state index contributed by atoms with van der Waals surface area (Å²) in [6.07, 6.45) is 6.79. The number of aromatic nitrogens is 2. The Hall–Kier alpha value is -3.78. The number of nitrogens with zero attached hydrogens (tertiary/aromatic N) is 3. The fourth-order valence-electron chi connectivity index (χ4n) is 2.21. The Labute approximate surface area is 148 Å². The number of hydroxylamine groups is 1. The standard InChI is InChI=1S/C18H15N5O3/c24-17(14-3-5-15(6-4-14)18(25)22-26)21-20-11-13-1-7-16(8-2-13)23-10-9-19-12-23/h1-12,26H,(H,21,24)(H,22,25)/b20-11+. The van der Waals surface area contributed by atoms with Crippen LogP contribution in [0.4, 0.5) is 0 Å². The maximum absolute atomic E-state index is 12.0. The topological polar surface area (TPSA) is 109 Å². The molecular weight excluding hydrogens is 334 g/mol. The Morgan fingerprint density at radius 2 is 1.65 bits per heavy atom. The number of imidazole rings is 1. The van der Waals surface area contributed by atoms with E-state index < -0.39 is 11.8 Å². The van der Waals surface area contributed by atoms with Crippen LogP contribution < -0.4 is 10.9 Å². The van der Waals surface area contributed by atoms with Gasteiger partial charge in [-0.1, -0.05) is 12.1 Å². The molecule has 26 heavy (non-hydrogen) atoms. The van der Waals surface area contributed by atoms with Gasteiger partial charge in [-0.15, -0.1) is 0 Å². The van der Waals surface area contributed by atoms with Crippen molar-refractivity contribution in [2.75, 3.05) is 0 Å². The molecule has 3 rings (SSSR count). The maximum atomic E-state index is 12.0. The molecule has 2 aromatic carbocycles. The SMILES string of the molecule is O=C(NO)c1ccc(C(=O)N/N=C/c2ccc(-n3ccnc3)cc2)cc1. The number of hydrazone groups is 1. The van der Waals surface area contributed by atoms with Gasteiger partial charge in [-0.3, -0.25) is 14.8 Å². The average Bonchev–Trinajstić information content (AvgIpc) is 3.23. The van der Waals surface area contributed by atoms with Crippen LogP contribution >= 0.6 is 0 Å².